The molecule has 0 radical (unpaired) electrons. The van der Waals surface area contributed by atoms with Crippen molar-refractivity contribution in [2.45, 2.75) is 19.4 Å². The Labute approximate surface area is 143 Å². The van der Waals surface area contributed by atoms with Crippen LogP contribution in [0.4, 0.5) is 0 Å². The van der Waals surface area contributed by atoms with Crippen molar-refractivity contribution < 1.29 is 14.3 Å². The van der Waals surface area contributed by atoms with Crippen LogP contribution >= 0.6 is 0 Å². The number of piperidine rings is 1. The topological polar surface area (TPSA) is 63.2 Å². The first kappa shape index (κ1) is 18.3. The van der Waals surface area contributed by atoms with E-state index < -0.39 is 0 Å². The zero-order chi connectivity index (χ0) is 17.2. The van der Waals surface area contributed by atoms with E-state index in [4.69, 9.17) is 9.47 Å². The maximum atomic E-state index is 11.6. The SMILES string of the molecule is CN=C(NCCOCc1ccccc1)N1CCC(C(=O)OC)CC1. The minimum atomic E-state index is -0.105. The van der Waals surface area contributed by atoms with Gasteiger partial charge in [-0.15, -0.1) is 0 Å². The van der Waals surface area contributed by atoms with Crippen LogP contribution in [0, 0.1) is 5.92 Å². The van der Waals surface area contributed by atoms with Crippen molar-refractivity contribution in [3.8, 4) is 0 Å². The minimum Gasteiger partial charge on any atom is -0.469 e. The maximum Gasteiger partial charge on any atom is 0.308 e. The Morgan fingerprint density at radius 3 is 2.62 bits per heavy atom. The van der Waals surface area contributed by atoms with Gasteiger partial charge in [-0.05, 0) is 18.4 Å². The number of carbonyl (C=O) groups excluding carboxylic acids is 1. The number of methoxy groups -OCH3 is 1. The predicted molar refractivity (Wildman–Crippen MR) is 93.8 cm³/mol. The van der Waals surface area contributed by atoms with E-state index in [9.17, 15) is 4.79 Å². The fourth-order valence-corrected chi connectivity index (χ4v) is 2.83. The molecule has 2 rings (SSSR count). The Bertz CT molecular complexity index is 526. The summed E-state index contributed by atoms with van der Waals surface area (Å²) in [5.41, 5.74) is 1.17. The van der Waals surface area contributed by atoms with Crippen LogP contribution in [0.5, 0.6) is 0 Å². The fraction of sp³-hybridized carbons (Fsp3) is 0.556. The number of carbonyl (C=O) groups is 1. The lowest BCUT2D eigenvalue weighted by Gasteiger charge is -2.33. The average molecular weight is 333 g/mol. The second-order valence-electron chi connectivity index (χ2n) is 5.80. The van der Waals surface area contributed by atoms with Gasteiger partial charge in [0.15, 0.2) is 5.96 Å². The number of esters is 1. The van der Waals surface area contributed by atoms with E-state index in [2.05, 4.69) is 27.3 Å². The molecule has 6 heteroatoms. The van der Waals surface area contributed by atoms with Crippen LogP contribution in [0.2, 0.25) is 0 Å². The number of nitrogens with one attached hydrogen (secondary N) is 1. The third kappa shape index (κ3) is 5.53. The molecule has 0 spiro atoms. The van der Waals surface area contributed by atoms with Crippen LogP contribution < -0.4 is 5.32 Å². The van der Waals surface area contributed by atoms with Crippen molar-refractivity contribution in [3.05, 3.63) is 35.9 Å². The second kappa shape index (κ2) is 9.93. The van der Waals surface area contributed by atoms with Crippen molar-refractivity contribution in [2.24, 2.45) is 10.9 Å². The van der Waals surface area contributed by atoms with Crippen LogP contribution in [-0.4, -0.2) is 57.2 Å². The van der Waals surface area contributed by atoms with E-state index in [0.717, 1.165) is 31.9 Å². The zero-order valence-electron chi connectivity index (χ0n) is 14.5. The molecule has 1 aromatic rings. The first-order valence-electron chi connectivity index (χ1n) is 8.39. The molecule has 1 heterocycles. The summed E-state index contributed by atoms with van der Waals surface area (Å²) >= 11 is 0. The molecule has 1 aliphatic rings. The molecule has 6 nitrogen and oxygen atoms in total. The number of guanidine groups is 1. The number of benzene rings is 1. The van der Waals surface area contributed by atoms with E-state index >= 15 is 0 Å². The Morgan fingerprint density at radius 2 is 2.00 bits per heavy atom. The van der Waals surface area contributed by atoms with Gasteiger partial charge in [0, 0.05) is 26.7 Å². The molecule has 1 aliphatic heterocycles. The van der Waals surface area contributed by atoms with Crippen molar-refractivity contribution >= 4 is 11.9 Å². The van der Waals surface area contributed by atoms with Gasteiger partial charge < -0.3 is 19.7 Å². The van der Waals surface area contributed by atoms with E-state index in [-0.39, 0.29) is 11.9 Å². The molecule has 0 saturated carbocycles. The van der Waals surface area contributed by atoms with Gasteiger partial charge in [-0.1, -0.05) is 30.3 Å². The molecule has 0 atom stereocenters. The molecule has 1 saturated heterocycles. The van der Waals surface area contributed by atoms with Crippen LogP contribution in [0.15, 0.2) is 35.3 Å². The highest BCUT2D eigenvalue weighted by atomic mass is 16.5. The first-order valence-corrected chi connectivity index (χ1v) is 8.39. The molecule has 1 N–H and O–H groups in total. The maximum absolute atomic E-state index is 11.6. The highest BCUT2D eigenvalue weighted by Gasteiger charge is 2.26. The van der Waals surface area contributed by atoms with E-state index in [1.807, 2.05) is 18.2 Å². The molecular weight excluding hydrogens is 306 g/mol. The Hall–Kier alpha value is -2.08. The van der Waals surface area contributed by atoms with Gasteiger partial charge in [-0.2, -0.15) is 0 Å². The van der Waals surface area contributed by atoms with Gasteiger partial charge in [0.05, 0.1) is 26.2 Å². The quantitative estimate of drug-likeness (QED) is 0.371. The predicted octanol–water partition coefficient (Wildman–Crippen LogP) is 1.66. The van der Waals surface area contributed by atoms with Gasteiger partial charge in [0.25, 0.3) is 0 Å². The summed E-state index contributed by atoms with van der Waals surface area (Å²) in [5.74, 6) is 0.770. The lowest BCUT2D eigenvalue weighted by Crippen LogP contribution is -2.47. The van der Waals surface area contributed by atoms with Crippen molar-refractivity contribution in [1.82, 2.24) is 10.2 Å². The van der Waals surface area contributed by atoms with E-state index in [0.29, 0.717) is 19.8 Å². The molecule has 1 aromatic carbocycles. The minimum absolute atomic E-state index is 0.0126. The molecule has 132 valence electrons. The van der Waals surface area contributed by atoms with Gasteiger partial charge in [0.1, 0.15) is 0 Å². The third-order valence-corrected chi connectivity index (χ3v) is 4.18. The second-order valence-corrected chi connectivity index (χ2v) is 5.80. The number of nitrogens with zero attached hydrogens (tertiary/aromatic N) is 2. The highest BCUT2D eigenvalue weighted by molar-refractivity contribution is 5.80. The standard InChI is InChI=1S/C18H27N3O3/c1-19-18(21-11-8-16(9-12-21)17(22)23-2)20-10-13-24-14-15-6-4-3-5-7-15/h3-7,16H,8-14H2,1-2H3,(H,19,20). The Kier molecular flexibility index (Phi) is 7.55. The number of likely N-dealkylation sites (tertiary alicyclic amines) is 1. The summed E-state index contributed by atoms with van der Waals surface area (Å²) in [7, 11) is 3.23. The molecule has 0 aliphatic carbocycles. The summed E-state index contributed by atoms with van der Waals surface area (Å²) in [6.45, 7) is 3.56. The largest absolute Gasteiger partial charge is 0.469 e. The van der Waals surface area contributed by atoms with Crippen molar-refractivity contribution in [1.29, 1.82) is 0 Å². The molecule has 24 heavy (non-hydrogen) atoms. The Morgan fingerprint density at radius 1 is 1.29 bits per heavy atom. The summed E-state index contributed by atoms with van der Waals surface area (Å²) in [6.07, 6.45) is 1.61. The average Bonchev–Trinajstić information content (AvgIpc) is 2.65. The fourth-order valence-electron chi connectivity index (χ4n) is 2.83. The number of hydrogen-bond acceptors (Lipinski definition) is 4. The van der Waals surface area contributed by atoms with E-state index in [1.54, 1.807) is 7.05 Å². The highest BCUT2D eigenvalue weighted by Crippen LogP contribution is 2.18. The number of ether oxygens (including phenoxy) is 2. The smallest absolute Gasteiger partial charge is 0.308 e. The summed E-state index contributed by atoms with van der Waals surface area (Å²) in [5, 5.41) is 3.32. The van der Waals surface area contributed by atoms with Gasteiger partial charge in [-0.3, -0.25) is 9.79 Å². The van der Waals surface area contributed by atoms with Gasteiger partial charge >= 0.3 is 5.97 Å². The summed E-state index contributed by atoms with van der Waals surface area (Å²) in [6, 6.07) is 10.1. The Balaban J connectivity index is 1.65. The number of rotatable bonds is 6. The molecule has 0 unspecified atom stereocenters. The van der Waals surface area contributed by atoms with E-state index in [1.165, 1.54) is 12.7 Å². The van der Waals surface area contributed by atoms with Crippen molar-refractivity contribution in [3.63, 3.8) is 0 Å². The molecule has 1 fully saturated rings. The van der Waals surface area contributed by atoms with Crippen LogP contribution in [0.3, 0.4) is 0 Å². The normalized spacial score (nSPS) is 16.1. The van der Waals surface area contributed by atoms with Crippen LogP contribution in [-0.2, 0) is 20.9 Å². The molecular formula is C18H27N3O3. The van der Waals surface area contributed by atoms with Crippen molar-refractivity contribution in [2.75, 3.05) is 40.4 Å². The van der Waals surface area contributed by atoms with Crippen LogP contribution in [0.1, 0.15) is 18.4 Å². The molecule has 0 aromatic heterocycles. The first-order chi connectivity index (χ1) is 11.7. The van der Waals surface area contributed by atoms with Gasteiger partial charge in [-0.25, -0.2) is 0 Å². The number of hydrogen-bond donors (Lipinski definition) is 1. The lowest BCUT2D eigenvalue weighted by atomic mass is 9.97. The number of aliphatic imine (C=N–C) groups is 1. The molecule has 0 amide bonds. The third-order valence-electron chi connectivity index (χ3n) is 4.18. The monoisotopic (exact) mass is 333 g/mol. The van der Waals surface area contributed by atoms with Gasteiger partial charge in [0.2, 0.25) is 0 Å². The molecule has 0 bridgehead atoms. The summed E-state index contributed by atoms with van der Waals surface area (Å²) < 4.78 is 10.5. The zero-order valence-corrected chi connectivity index (χ0v) is 14.5. The lowest BCUT2D eigenvalue weighted by molar-refractivity contribution is -0.146. The van der Waals surface area contributed by atoms with Crippen LogP contribution in [0.25, 0.3) is 0 Å². The summed E-state index contributed by atoms with van der Waals surface area (Å²) in [4.78, 5) is 18.1.